The maximum Gasteiger partial charge on any atom is 0.416 e. The SMILES string of the molecule is CC(C)C(NC(=O)C1CCCN1C(=O)[C@H](N)C(C)C)C(O)C(F)(F)F. The predicted octanol–water partition coefficient (Wildman–Crippen LogP) is 1.02. The van der Waals surface area contributed by atoms with Crippen molar-refractivity contribution >= 4 is 11.8 Å². The zero-order valence-electron chi connectivity index (χ0n) is 15.0. The summed E-state index contributed by atoms with van der Waals surface area (Å²) in [5.41, 5.74) is 5.85. The van der Waals surface area contributed by atoms with Crippen LogP contribution in [0.2, 0.25) is 0 Å². The molecule has 9 heteroatoms. The fourth-order valence-electron chi connectivity index (χ4n) is 2.85. The number of nitrogens with one attached hydrogen (secondary N) is 1. The number of aliphatic hydroxyl groups is 1. The van der Waals surface area contributed by atoms with Crippen molar-refractivity contribution < 1.29 is 27.9 Å². The Kier molecular flexibility index (Phi) is 7.25. The second kappa shape index (κ2) is 8.35. The Morgan fingerprint density at radius 1 is 1.20 bits per heavy atom. The predicted molar refractivity (Wildman–Crippen MR) is 86.4 cm³/mol. The van der Waals surface area contributed by atoms with Crippen LogP contribution in [-0.2, 0) is 9.59 Å². The van der Waals surface area contributed by atoms with Crippen molar-refractivity contribution in [2.24, 2.45) is 17.6 Å². The zero-order chi connectivity index (χ0) is 19.5. The molecule has 1 heterocycles. The lowest BCUT2D eigenvalue weighted by Crippen LogP contribution is -2.58. The molecule has 0 aromatic rings. The number of alkyl halides is 3. The molecule has 6 nitrogen and oxygen atoms in total. The Balaban J connectivity index is 2.88. The second-order valence-electron chi connectivity index (χ2n) is 7.22. The molecule has 1 rings (SSSR count). The fourth-order valence-corrected chi connectivity index (χ4v) is 2.85. The molecular weight excluding hydrogens is 339 g/mol. The number of aliphatic hydroxyl groups excluding tert-OH is 1. The van der Waals surface area contributed by atoms with Gasteiger partial charge in [0.25, 0.3) is 0 Å². The molecule has 1 aliphatic rings. The van der Waals surface area contributed by atoms with Crippen molar-refractivity contribution in [3.05, 3.63) is 0 Å². The average molecular weight is 367 g/mol. The molecule has 2 amide bonds. The number of nitrogens with zero attached hydrogens (tertiary/aromatic N) is 1. The maximum atomic E-state index is 12.8. The Bertz CT molecular complexity index is 483. The third-order valence-electron chi connectivity index (χ3n) is 4.54. The summed E-state index contributed by atoms with van der Waals surface area (Å²) >= 11 is 0. The van der Waals surface area contributed by atoms with Gasteiger partial charge in [0.05, 0.1) is 12.1 Å². The molecule has 0 aromatic heterocycles. The number of nitrogens with two attached hydrogens (primary N) is 1. The summed E-state index contributed by atoms with van der Waals surface area (Å²) < 4.78 is 38.4. The monoisotopic (exact) mass is 367 g/mol. The first kappa shape index (κ1) is 21.7. The van der Waals surface area contributed by atoms with Gasteiger partial charge in [-0.3, -0.25) is 9.59 Å². The van der Waals surface area contributed by atoms with Gasteiger partial charge in [0, 0.05) is 6.54 Å². The molecule has 1 fully saturated rings. The van der Waals surface area contributed by atoms with Gasteiger partial charge >= 0.3 is 6.18 Å². The van der Waals surface area contributed by atoms with Crippen molar-refractivity contribution in [2.45, 2.75) is 70.9 Å². The van der Waals surface area contributed by atoms with E-state index in [1.807, 2.05) is 0 Å². The van der Waals surface area contributed by atoms with E-state index in [9.17, 15) is 27.9 Å². The summed E-state index contributed by atoms with van der Waals surface area (Å²) in [5.74, 6) is -1.83. The summed E-state index contributed by atoms with van der Waals surface area (Å²) in [5, 5.41) is 11.8. The Labute approximate surface area is 145 Å². The Morgan fingerprint density at radius 2 is 1.76 bits per heavy atom. The molecule has 4 N–H and O–H groups in total. The third-order valence-corrected chi connectivity index (χ3v) is 4.54. The van der Waals surface area contributed by atoms with E-state index in [1.165, 1.54) is 18.7 Å². The minimum atomic E-state index is -4.84. The van der Waals surface area contributed by atoms with Gasteiger partial charge in [-0.25, -0.2) is 0 Å². The van der Waals surface area contributed by atoms with Gasteiger partial charge in [0.1, 0.15) is 6.04 Å². The van der Waals surface area contributed by atoms with Gasteiger partial charge in [-0.2, -0.15) is 13.2 Å². The van der Waals surface area contributed by atoms with Gasteiger partial charge in [-0.15, -0.1) is 0 Å². The van der Waals surface area contributed by atoms with Gasteiger partial charge in [0.2, 0.25) is 11.8 Å². The number of hydrogen-bond donors (Lipinski definition) is 3. The highest BCUT2D eigenvalue weighted by atomic mass is 19.4. The van der Waals surface area contributed by atoms with Gasteiger partial charge in [0.15, 0.2) is 6.10 Å². The van der Waals surface area contributed by atoms with Crippen LogP contribution in [0.15, 0.2) is 0 Å². The van der Waals surface area contributed by atoms with E-state index < -0.39 is 42.2 Å². The van der Waals surface area contributed by atoms with Crippen LogP contribution in [-0.4, -0.2) is 58.8 Å². The lowest BCUT2D eigenvalue weighted by molar-refractivity contribution is -0.215. The van der Waals surface area contributed by atoms with Crippen LogP contribution < -0.4 is 11.1 Å². The molecule has 0 aromatic carbocycles. The van der Waals surface area contributed by atoms with Crippen molar-refractivity contribution in [1.29, 1.82) is 0 Å². The molecule has 1 saturated heterocycles. The van der Waals surface area contributed by atoms with Crippen molar-refractivity contribution in [3.63, 3.8) is 0 Å². The van der Waals surface area contributed by atoms with Crippen LogP contribution in [0.25, 0.3) is 0 Å². The normalized spacial score (nSPS) is 22.2. The molecule has 4 atom stereocenters. The van der Waals surface area contributed by atoms with Crippen LogP contribution in [0.5, 0.6) is 0 Å². The van der Waals surface area contributed by atoms with Crippen molar-refractivity contribution in [1.82, 2.24) is 10.2 Å². The van der Waals surface area contributed by atoms with Crippen LogP contribution in [0.1, 0.15) is 40.5 Å². The molecule has 0 spiro atoms. The molecule has 0 bridgehead atoms. The first-order valence-electron chi connectivity index (χ1n) is 8.49. The van der Waals surface area contributed by atoms with E-state index in [2.05, 4.69) is 5.32 Å². The standard InChI is InChI=1S/C16H28F3N3O3/c1-8(2)11(20)15(25)22-7-5-6-10(22)14(24)21-12(9(3)4)13(23)16(17,18)19/h8-13,23H,5-7,20H2,1-4H3,(H,21,24)/t10?,11-,12?,13?/m1/s1. The smallest absolute Gasteiger partial charge is 0.382 e. The summed E-state index contributed by atoms with van der Waals surface area (Å²) in [7, 11) is 0. The van der Waals surface area contributed by atoms with E-state index in [-0.39, 0.29) is 11.8 Å². The molecule has 0 saturated carbocycles. The van der Waals surface area contributed by atoms with Crippen LogP contribution >= 0.6 is 0 Å². The first-order valence-corrected chi connectivity index (χ1v) is 8.49. The fraction of sp³-hybridized carbons (Fsp3) is 0.875. The van der Waals surface area contributed by atoms with Crippen molar-refractivity contribution in [2.75, 3.05) is 6.54 Å². The number of likely N-dealkylation sites (tertiary alicyclic amines) is 1. The van der Waals surface area contributed by atoms with Gasteiger partial charge in [-0.05, 0) is 24.7 Å². The number of amides is 2. The number of hydrogen-bond acceptors (Lipinski definition) is 4. The molecular formula is C16H28F3N3O3. The summed E-state index contributed by atoms with van der Waals surface area (Å²) in [6.45, 7) is 6.86. The first-order chi connectivity index (χ1) is 11.4. The van der Waals surface area contributed by atoms with Crippen LogP contribution in [0.3, 0.4) is 0 Å². The van der Waals surface area contributed by atoms with Crippen LogP contribution in [0.4, 0.5) is 13.2 Å². The highest BCUT2D eigenvalue weighted by Crippen LogP contribution is 2.26. The minimum absolute atomic E-state index is 0.118. The molecule has 3 unspecified atom stereocenters. The zero-order valence-corrected chi connectivity index (χ0v) is 15.0. The van der Waals surface area contributed by atoms with Gasteiger partial charge in [-0.1, -0.05) is 27.7 Å². The summed E-state index contributed by atoms with van der Waals surface area (Å²) in [6.07, 6.45) is -6.58. The Morgan fingerprint density at radius 3 is 2.20 bits per heavy atom. The van der Waals surface area contributed by atoms with E-state index in [4.69, 9.17) is 5.73 Å². The van der Waals surface area contributed by atoms with E-state index >= 15 is 0 Å². The molecule has 1 aliphatic heterocycles. The quantitative estimate of drug-likeness (QED) is 0.653. The topological polar surface area (TPSA) is 95.7 Å². The second-order valence-corrected chi connectivity index (χ2v) is 7.22. The van der Waals surface area contributed by atoms with E-state index in [0.29, 0.717) is 19.4 Å². The molecule has 0 radical (unpaired) electrons. The maximum absolute atomic E-state index is 12.8. The molecule has 25 heavy (non-hydrogen) atoms. The molecule has 0 aliphatic carbocycles. The number of rotatable bonds is 6. The molecule has 146 valence electrons. The highest BCUT2D eigenvalue weighted by molar-refractivity contribution is 5.90. The highest BCUT2D eigenvalue weighted by Gasteiger charge is 2.46. The van der Waals surface area contributed by atoms with E-state index in [1.54, 1.807) is 13.8 Å². The minimum Gasteiger partial charge on any atom is -0.382 e. The lowest BCUT2D eigenvalue weighted by atomic mass is 9.97. The average Bonchev–Trinajstić information content (AvgIpc) is 2.98. The summed E-state index contributed by atoms with van der Waals surface area (Å²) in [4.78, 5) is 26.2. The number of carbonyl (C=O) groups excluding carboxylic acids is 2. The summed E-state index contributed by atoms with van der Waals surface area (Å²) in [6, 6.07) is -3.11. The van der Waals surface area contributed by atoms with Gasteiger partial charge < -0.3 is 21.1 Å². The Hall–Kier alpha value is -1.35. The lowest BCUT2D eigenvalue weighted by Gasteiger charge is -2.32. The number of carbonyl (C=O) groups is 2. The van der Waals surface area contributed by atoms with Crippen LogP contribution in [0, 0.1) is 11.8 Å². The largest absolute Gasteiger partial charge is 0.416 e. The number of halogens is 3. The third kappa shape index (κ3) is 5.31. The van der Waals surface area contributed by atoms with Crippen molar-refractivity contribution in [3.8, 4) is 0 Å². The van der Waals surface area contributed by atoms with E-state index in [0.717, 1.165) is 0 Å².